The van der Waals surface area contributed by atoms with Crippen molar-refractivity contribution in [2.24, 2.45) is 0 Å². The predicted octanol–water partition coefficient (Wildman–Crippen LogP) is 5.21. The average Bonchev–Trinajstić information content (AvgIpc) is 3.53. The third-order valence-corrected chi connectivity index (χ3v) is 9.80. The van der Waals surface area contributed by atoms with Crippen LogP contribution in [0.25, 0.3) is 0 Å². The molecule has 0 radical (unpaired) electrons. The first-order chi connectivity index (χ1) is 21.1. The number of aryl methyl sites for hydroxylation is 1. The number of sulfonamides is 1. The van der Waals surface area contributed by atoms with Gasteiger partial charge in [-0.15, -0.1) is 0 Å². The summed E-state index contributed by atoms with van der Waals surface area (Å²) in [5.41, 5.74) is 1.86. The van der Waals surface area contributed by atoms with Crippen molar-refractivity contribution >= 4 is 27.5 Å². The molecule has 1 unspecified atom stereocenters. The lowest BCUT2D eigenvalue weighted by Crippen LogP contribution is -2.53. The first-order valence-electron chi connectivity index (χ1n) is 14.7. The van der Waals surface area contributed by atoms with Crippen LogP contribution in [0.4, 0.5) is 10.1 Å². The van der Waals surface area contributed by atoms with Gasteiger partial charge in [-0.25, -0.2) is 12.8 Å². The summed E-state index contributed by atoms with van der Waals surface area (Å²) in [5, 5.41) is 3.10. The van der Waals surface area contributed by atoms with Gasteiger partial charge in [-0.2, -0.15) is 0 Å². The number of nitrogens with one attached hydrogen (secondary N) is 1. The van der Waals surface area contributed by atoms with E-state index in [1.165, 1.54) is 49.5 Å². The van der Waals surface area contributed by atoms with Crippen LogP contribution in [-0.2, 0) is 26.2 Å². The van der Waals surface area contributed by atoms with Crippen molar-refractivity contribution in [3.63, 3.8) is 0 Å². The number of benzene rings is 3. The molecule has 1 fully saturated rings. The van der Waals surface area contributed by atoms with E-state index in [-0.39, 0.29) is 34.8 Å². The molecule has 1 atom stereocenters. The standard InChI is InChI=1S/C33H40FN3O6S/c1-5-29(33(39)35-26-12-8-9-13-26)36(21-24-11-7-6-10-23(24)2)32(38)22-37(27-16-14-25(34)15-17-27)44(40,41)28-18-19-30(42-3)31(20-28)43-4/h6-7,10-11,14-20,26,29H,5,8-9,12-13,21-22H2,1-4H3,(H,35,39). The SMILES string of the molecule is CCC(C(=O)NC1CCCC1)N(Cc1ccccc1C)C(=O)CN(c1ccc(F)cc1)S(=O)(=O)c1ccc(OC)c(OC)c1. The number of methoxy groups -OCH3 is 2. The van der Waals surface area contributed by atoms with Gasteiger partial charge in [0.2, 0.25) is 11.8 Å². The van der Waals surface area contributed by atoms with Crippen molar-refractivity contribution in [3.8, 4) is 11.5 Å². The molecule has 1 saturated carbocycles. The van der Waals surface area contributed by atoms with Gasteiger partial charge < -0.3 is 19.7 Å². The summed E-state index contributed by atoms with van der Waals surface area (Å²) in [4.78, 5) is 29.2. The monoisotopic (exact) mass is 625 g/mol. The smallest absolute Gasteiger partial charge is 0.264 e. The predicted molar refractivity (Wildman–Crippen MR) is 167 cm³/mol. The van der Waals surface area contributed by atoms with Gasteiger partial charge in [0.15, 0.2) is 11.5 Å². The quantitative estimate of drug-likeness (QED) is 0.280. The minimum atomic E-state index is -4.38. The van der Waals surface area contributed by atoms with Crippen molar-refractivity contribution in [3.05, 3.63) is 83.7 Å². The number of nitrogens with zero attached hydrogens (tertiary/aromatic N) is 2. The summed E-state index contributed by atoms with van der Waals surface area (Å²) in [5.74, 6) is -0.874. The summed E-state index contributed by atoms with van der Waals surface area (Å²) in [6.45, 7) is 3.23. The number of carbonyl (C=O) groups excluding carboxylic acids is 2. The zero-order valence-electron chi connectivity index (χ0n) is 25.6. The fourth-order valence-corrected chi connectivity index (χ4v) is 6.93. The Hall–Kier alpha value is -4.12. The van der Waals surface area contributed by atoms with E-state index >= 15 is 0 Å². The number of halogens is 1. The highest BCUT2D eigenvalue weighted by Crippen LogP contribution is 2.32. The molecular formula is C33H40FN3O6S. The van der Waals surface area contributed by atoms with Crippen molar-refractivity contribution in [1.82, 2.24) is 10.2 Å². The summed E-state index contributed by atoms with van der Waals surface area (Å²) in [6.07, 6.45) is 4.17. The molecule has 0 saturated heterocycles. The normalized spacial score (nSPS) is 14.1. The molecule has 1 N–H and O–H groups in total. The largest absolute Gasteiger partial charge is 0.493 e. The Morgan fingerprint density at radius 1 is 0.977 bits per heavy atom. The van der Waals surface area contributed by atoms with Crippen LogP contribution in [0.2, 0.25) is 0 Å². The minimum Gasteiger partial charge on any atom is -0.493 e. The van der Waals surface area contributed by atoms with E-state index in [1.54, 1.807) is 0 Å². The van der Waals surface area contributed by atoms with Crippen LogP contribution in [0.1, 0.15) is 50.2 Å². The Kier molecular flexibility index (Phi) is 10.9. The molecule has 0 heterocycles. The van der Waals surface area contributed by atoms with E-state index in [2.05, 4.69) is 5.32 Å². The molecule has 0 aromatic heterocycles. The molecule has 0 spiro atoms. The third-order valence-electron chi connectivity index (χ3n) is 8.03. The van der Waals surface area contributed by atoms with Crippen LogP contribution >= 0.6 is 0 Å². The number of hydrogen-bond donors (Lipinski definition) is 1. The summed E-state index contributed by atoms with van der Waals surface area (Å²) in [6, 6.07) is 15.8. The second kappa shape index (κ2) is 14.6. The van der Waals surface area contributed by atoms with Gasteiger partial charge in [0.1, 0.15) is 18.4 Å². The van der Waals surface area contributed by atoms with Gasteiger partial charge in [0, 0.05) is 18.7 Å². The zero-order chi connectivity index (χ0) is 31.9. The Balaban J connectivity index is 1.75. The molecule has 0 bridgehead atoms. The van der Waals surface area contributed by atoms with Crippen LogP contribution < -0.4 is 19.1 Å². The lowest BCUT2D eigenvalue weighted by Gasteiger charge is -2.34. The fourth-order valence-electron chi connectivity index (χ4n) is 5.50. The van der Waals surface area contributed by atoms with Crippen molar-refractivity contribution < 1.29 is 31.9 Å². The van der Waals surface area contributed by atoms with Crippen LogP contribution in [0.5, 0.6) is 11.5 Å². The van der Waals surface area contributed by atoms with Crippen LogP contribution in [0, 0.1) is 12.7 Å². The molecule has 4 rings (SSSR count). The van der Waals surface area contributed by atoms with Crippen LogP contribution in [0.15, 0.2) is 71.6 Å². The van der Waals surface area contributed by atoms with Crippen molar-refractivity contribution in [2.75, 3.05) is 25.1 Å². The maximum absolute atomic E-state index is 14.3. The lowest BCUT2D eigenvalue weighted by atomic mass is 10.1. The number of carbonyl (C=O) groups is 2. The van der Waals surface area contributed by atoms with Crippen molar-refractivity contribution in [1.29, 1.82) is 0 Å². The third kappa shape index (κ3) is 7.50. The zero-order valence-corrected chi connectivity index (χ0v) is 26.4. The van der Waals surface area contributed by atoms with Crippen LogP contribution in [-0.4, -0.2) is 58.0 Å². The Morgan fingerprint density at radius 3 is 2.25 bits per heavy atom. The van der Waals surface area contributed by atoms with E-state index in [0.29, 0.717) is 12.2 Å². The number of rotatable bonds is 13. The van der Waals surface area contributed by atoms with E-state index in [1.807, 2.05) is 38.1 Å². The van der Waals surface area contributed by atoms with Gasteiger partial charge >= 0.3 is 0 Å². The molecule has 11 heteroatoms. The second-order valence-corrected chi connectivity index (χ2v) is 12.7. The maximum Gasteiger partial charge on any atom is 0.264 e. The summed E-state index contributed by atoms with van der Waals surface area (Å²) < 4.78 is 53.7. The van der Waals surface area contributed by atoms with Gasteiger partial charge in [0.25, 0.3) is 10.0 Å². The molecule has 44 heavy (non-hydrogen) atoms. The maximum atomic E-state index is 14.3. The first kappa shape index (κ1) is 32.8. The number of hydrogen-bond acceptors (Lipinski definition) is 6. The van der Waals surface area contributed by atoms with Gasteiger partial charge in [-0.1, -0.05) is 44.0 Å². The number of amides is 2. The molecule has 1 aliphatic rings. The average molecular weight is 626 g/mol. The molecule has 3 aromatic carbocycles. The van der Waals surface area contributed by atoms with Gasteiger partial charge in [-0.05, 0) is 73.7 Å². The molecule has 1 aliphatic carbocycles. The summed E-state index contributed by atoms with van der Waals surface area (Å²) in [7, 11) is -1.55. The Bertz CT molecular complexity index is 1560. The Morgan fingerprint density at radius 2 is 1.64 bits per heavy atom. The molecule has 3 aromatic rings. The summed E-state index contributed by atoms with van der Waals surface area (Å²) >= 11 is 0. The molecule has 9 nitrogen and oxygen atoms in total. The van der Waals surface area contributed by atoms with E-state index in [9.17, 15) is 22.4 Å². The Labute approximate surface area is 259 Å². The second-order valence-electron chi connectivity index (χ2n) is 10.9. The fraction of sp³-hybridized carbons (Fsp3) is 0.394. The minimum absolute atomic E-state index is 0.0492. The van der Waals surface area contributed by atoms with E-state index in [0.717, 1.165) is 53.2 Å². The number of ether oxygens (including phenoxy) is 2. The highest BCUT2D eigenvalue weighted by atomic mass is 32.2. The molecule has 2 amide bonds. The van der Waals surface area contributed by atoms with Crippen LogP contribution in [0.3, 0.4) is 0 Å². The lowest BCUT2D eigenvalue weighted by molar-refractivity contribution is -0.140. The topological polar surface area (TPSA) is 105 Å². The highest BCUT2D eigenvalue weighted by molar-refractivity contribution is 7.92. The number of anilines is 1. The van der Waals surface area contributed by atoms with E-state index < -0.39 is 34.3 Å². The van der Waals surface area contributed by atoms with Crippen molar-refractivity contribution in [2.45, 2.75) is 69.5 Å². The van der Waals surface area contributed by atoms with E-state index in [4.69, 9.17) is 9.47 Å². The highest BCUT2D eigenvalue weighted by Gasteiger charge is 2.35. The molecule has 236 valence electrons. The molecular weight excluding hydrogens is 585 g/mol. The van der Waals surface area contributed by atoms with Gasteiger partial charge in [-0.3, -0.25) is 13.9 Å². The molecule has 0 aliphatic heterocycles. The van der Waals surface area contributed by atoms with Gasteiger partial charge in [0.05, 0.1) is 24.8 Å². The first-order valence-corrected chi connectivity index (χ1v) is 16.2.